The number of rotatable bonds is 4. The van der Waals surface area contributed by atoms with Gasteiger partial charge in [-0.2, -0.15) is 4.37 Å². The Morgan fingerprint density at radius 2 is 1.95 bits per heavy atom. The summed E-state index contributed by atoms with van der Waals surface area (Å²) >= 11 is 1.52. The SMILES string of the molecule is CCCc1nsc(N2CCN(c3cccc(N)c3)CC2)n1. The van der Waals surface area contributed by atoms with Crippen LogP contribution in [0.15, 0.2) is 24.3 Å². The maximum Gasteiger partial charge on any atom is 0.205 e. The van der Waals surface area contributed by atoms with E-state index in [1.54, 1.807) is 0 Å². The van der Waals surface area contributed by atoms with E-state index in [0.29, 0.717) is 0 Å². The molecule has 0 amide bonds. The highest BCUT2D eigenvalue weighted by atomic mass is 32.1. The fourth-order valence-corrected chi connectivity index (χ4v) is 3.34. The van der Waals surface area contributed by atoms with Crippen LogP contribution in [0.2, 0.25) is 0 Å². The Labute approximate surface area is 129 Å². The summed E-state index contributed by atoms with van der Waals surface area (Å²) in [6, 6.07) is 8.10. The molecule has 0 radical (unpaired) electrons. The minimum atomic E-state index is 0.822. The van der Waals surface area contributed by atoms with Gasteiger partial charge in [0.2, 0.25) is 5.13 Å². The third-order valence-corrected chi connectivity index (χ3v) is 4.53. The lowest BCUT2D eigenvalue weighted by Crippen LogP contribution is -2.46. The van der Waals surface area contributed by atoms with Crippen molar-refractivity contribution in [2.75, 3.05) is 41.7 Å². The average molecular weight is 303 g/mol. The lowest BCUT2D eigenvalue weighted by molar-refractivity contribution is 0.651. The van der Waals surface area contributed by atoms with Crippen molar-refractivity contribution >= 4 is 28.0 Å². The second kappa shape index (κ2) is 6.30. The van der Waals surface area contributed by atoms with E-state index in [9.17, 15) is 0 Å². The molecule has 0 unspecified atom stereocenters. The van der Waals surface area contributed by atoms with Crippen LogP contribution in [0.5, 0.6) is 0 Å². The van der Waals surface area contributed by atoms with Crippen molar-refractivity contribution in [2.24, 2.45) is 0 Å². The van der Waals surface area contributed by atoms with Gasteiger partial charge in [-0.05, 0) is 24.6 Å². The number of nitrogens with two attached hydrogens (primary N) is 1. The molecule has 2 N–H and O–H groups in total. The first-order chi connectivity index (χ1) is 10.3. The molecule has 2 heterocycles. The predicted octanol–water partition coefficient (Wildman–Crippen LogP) is 2.40. The maximum atomic E-state index is 5.86. The van der Waals surface area contributed by atoms with E-state index in [2.05, 4.69) is 32.1 Å². The molecule has 3 rings (SSSR count). The summed E-state index contributed by atoms with van der Waals surface area (Å²) < 4.78 is 4.43. The molecule has 1 fully saturated rings. The van der Waals surface area contributed by atoms with Crippen LogP contribution in [0.3, 0.4) is 0 Å². The van der Waals surface area contributed by atoms with Crippen LogP contribution in [-0.4, -0.2) is 35.5 Å². The Morgan fingerprint density at radius 1 is 1.19 bits per heavy atom. The van der Waals surface area contributed by atoms with E-state index in [4.69, 9.17) is 5.73 Å². The van der Waals surface area contributed by atoms with Gasteiger partial charge in [0, 0.05) is 55.5 Å². The van der Waals surface area contributed by atoms with E-state index < -0.39 is 0 Å². The fraction of sp³-hybridized carbons (Fsp3) is 0.467. The zero-order valence-corrected chi connectivity index (χ0v) is 13.1. The van der Waals surface area contributed by atoms with Crippen LogP contribution < -0.4 is 15.5 Å². The molecule has 1 aromatic heterocycles. The molecule has 0 aliphatic carbocycles. The molecule has 0 saturated carbocycles. The number of nitrogens with zero attached hydrogens (tertiary/aromatic N) is 4. The van der Waals surface area contributed by atoms with Gasteiger partial charge in [0.15, 0.2) is 0 Å². The zero-order valence-electron chi connectivity index (χ0n) is 12.3. The Bertz CT molecular complexity index is 589. The van der Waals surface area contributed by atoms with Crippen LogP contribution in [0.1, 0.15) is 19.2 Å². The molecule has 1 saturated heterocycles. The van der Waals surface area contributed by atoms with Crippen molar-refractivity contribution in [2.45, 2.75) is 19.8 Å². The van der Waals surface area contributed by atoms with Crippen molar-refractivity contribution in [3.63, 3.8) is 0 Å². The smallest absolute Gasteiger partial charge is 0.205 e. The maximum absolute atomic E-state index is 5.86. The van der Waals surface area contributed by atoms with Crippen LogP contribution in [0, 0.1) is 0 Å². The summed E-state index contributed by atoms with van der Waals surface area (Å²) in [5, 5.41) is 1.06. The molecule has 0 atom stereocenters. The molecule has 2 aromatic rings. The zero-order chi connectivity index (χ0) is 14.7. The summed E-state index contributed by atoms with van der Waals surface area (Å²) in [6.07, 6.45) is 2.07. The summed E-state index contributed by atoms with van der Waals surface area (Å²) in [7, 11) is 0. The first-order valence-corrected chi connectivity index (χ1v) is 8.21. The highest BCUT2D eigenvalue weighted by Gasteiger charge is 2.20. The van der Waals surface area contributed by atoms with Gasteiger partial charge in [-0.1, -0.05) is 13.0 Å². The molecule has 112 valence electrons. The number of aryl methyl sites for hydroxylation is 1. The fourth-order valence-electron chi connectivity index (χ4n) is 2.58. The molecule has 5 nitrogen and oxygen atoms in total. The molecule has 1 aromatic carbocycles. The number of piperazine rings is 1. The molecular formula is C15H21N5S. The Hall–Kier alpha value is -1.82. The third-order valence-electron chi connectivity index (χ3n) is 3.72. The second-order valence-electron chi connectivity index (χ2n) is 5.31. The van der Waals surface area contributed by atoms with Crippen molar-refractivity contribution in [3.05, 3.63) is 30.1 Å². The van der Waals surface area contributed by atoms with E-state index in [0.717, 1.165) is 55.7 Å². The number of benzene rings is 1. The molecular weight excluding hydrogens is 282 g/mol. The third kappa shape index (κ3) is 3.26. The van der Waals surface area contributed by atoms with Crippen LogP contribution >= 0.6 is 11.5 Å². The highest BCUT2D eigenvalue weighted by Crippen LogP contribution is 2.23. The van der Waals surface area contributed by atoms with E-state index in [1.165, 1.54) is 17.2 Å². The van der Waals surface area contributed by atoms with Gasteiger partial charge in [0.05, 0.1) is 0 Å². The topological polar surface area (TPSA) is 58.3 Å². The molecule has 0 bridgehead atoms. The molecule has 6 heteroatoms. The van der Waals surface area contributed by atoms with Crippen molar-refractivity contribution < 1.29 is 0 Å². The van der Waals surface area contributed by atoms with Gasteiger partial charge in [-0.25, -0.2) is 4.98 Å². The summed E-state index contributed by atoms with van der Waals surface area (Å²) in [4.78, 5) is 9.34. The van der Waals surface area contributed by atoms with Gasteiger partial charge in [-0.15, -0.1) is 0 Å². The summed E-state index contributed by atoms with van der Waals surface area (Å²) in [5.74, 6) is 0.982. The normalized spacial score (nSPS) is 15.5. The summed E-state index contributed by atoms with van der Waals surface area (Å²) in [6.45, 7) is 6.11. The Kier molecular flexibility index (Phi) is 4.24. The number of anilines is 3. The van der Waals surface area contributed by atoms with Gasteiger partial charge in [-0.3, -0.25) is 0 Å². The van der Waals surface area contributed by atoms with Crippen molar-refractivity contribution in [1.82, 2.24) is 9.36 Å². The summed E-state index contributed by atoms with van der Waals surface area (Å²) in [5.41, 5.74) is 7.89. The number of hydrogen-bond donors (Lipinski definition) is 1. The lowest BCUT2D eigenvalue weighted by atomic mass is 10.2. The molecule has 0 spiro atoms. The van der Waals surface area contributed by atoms with Gasteiger partial charge in [0.1, 0.15) is 5.82 Å². The highest BCUT2D eigenvalue weighted by molar-refractivity contribution is 7.09. The standard InChI is InChI=1S/C15H21N5S/c1-2-4-14-17-15(21-18-14)20-9-7-19(8-10-20)13-6-3-5-12(16)11-13/h3,5-6,11H,2,4,7-10,16H2,1H3. The Balaban J connectivity index is 1.61. The largest absolute Gasteiger partial charge is 0.399 e. The van der Waals surface area contributed by atoms with Gasteiger partial charge in [0.25, 0.3) is 0 Å². The minimum Gasteiger partial charge on any atom is -0.399 e. The molecule has 1 aliphatic rings. The first kappa shape index (κ1) is 14.1. The number of nitrogen functional groups attached to an aromatic ring is 1. The van der Waals surface area contributed by atoms with E-state index in [-0.39, 0.29) is 0 Å². The van der Waals surface area contributed by atoms with Crippen LogP contribution in [0.25, 0.3) is 0 Å². The van der Waals surface area contributed by atoms with E-state index >= 15 is 0 Å². The second-order valence-corrected chi connectivity index (χ2v) is 6.04. The minimum absolute atomic E-state index is 0.822. The quantitative estimate of drug-likeness (QED) is 0.879. The van der Waals surface area contributed by atoms with Gasteiger partial charge >= 0.3 is 0 Å². The number of hydrogen-bond acceptors (Lipinski definition) is 6. The van der Waals surface area contributed by atoms with Crippen LogP contribution in [0.4, 0.5) is 16.5 Å². The monoisotopic (exact) mass is 303 g/mol. The van der Waals surface area contributed by atoms with Crippen molar-refractivity contribution in [1.29, 1.82) is 0 Å². The first-order valence-electron chi connectivity index (χ1n) is 7.44. The molecule has 21 heavy (non-hydrogen) atoms. The predicted molar refractivity (Wildman–Crippen MR) is 89.2 cm³/mol. The molecule has 1 aliphatic heterocycles. The van der Waals surface area contributed by atoms with Crippen molar-refractivity contribution in [3.8, 4) is 0 Å². The van der Waals surface area contributed by atoms with Crippen LogP contribution in [-0.2, 0) is 6.42 Å². The van der Waals surface area contributed by atoms with Gasteiger partial charge < -0.3 is 15.5 Å². The Morgan fingerprint density at radius 3 is 2.67 bits per heavy atom. The lowest BCUT2D eigenvalue weighted by Gasteiger charge is -2.35. The van der Waals surface area contributed by atoms with E-state index in [1.807, 2.05) is 18.2 Å². The average Bonchev–Trinajstić information content (AvgIpc) is 2.97. The number of aromatic nitrogens is 2.